The number of nitrogens with zero attached hydrogens (tertiary/aromatic N) is 1. The van der Waals surface area contributed by atoms with Crippen molar-refractivity contribution in [3.63, 3.8) is 0 Å². The van der Waals surface area contributed by atoms with Gasteiger partial charge in [-0.05, 0) is 18.2 Å². The van der Waals surface area contributed by atoms with E-state index in [-0.39, 0.29) is 5.56 Å². The van der Waals surface area contributed by atoms with Gasteiger partial charge in [0, 0.05) is 27.6 Å². The summed E-state index contributed by atoms with van der Waals surface area (Å²) in [5.74, 6) is 0.561. The Kier molecular flexibility index (Phi) is 3.58. The van der Waals surface area contributed by atoms with Crippen LogP contribution in [0.25, 0.3) is 22.1 Å². The summed E-state index contributed by atoms with van der Waals surface area (Å²) in [5, 5.41) is 10.4. The van der Waals surface area contributed by atoms with Gasteiger partial charge >= 0.3 is 5.63 Å². The molecule has 0 spiro atoms. The Hall–Kier alpha value is -2.77. The van der Waals surface area contributed by atoms with Crippen LogP contribution in [-0.4, -0.2) is 7.11 Å². The van der Waals surface area contributed by atoms with Gasteiger partial charge in [0.15, 0.2) is 0 Å². The zero-order valence-electron chi connectivity index (χ0n) is 11.6. The summed E-state index contributed by atoms with van der Waals surface area (Å²) in [4.78, 5) is 12.1. The summed E-state index contributed by atoms with van der Waals surface area (Å²) in [6.07, 6.45) is 0. The molecule has 1 aromatic heterocycles. The minimum absolute atomic E-state index is 0.0641. The summed E-state index contributed by atoms with van der Waals surface area (Å²) in [5.41, 5.74) is 0.674. The van der Waals surface area contributed by atoms with Crippen LogP contribution in [-0.2, 0) is 0 Å². The van der Waals surface area contributed by atoms with Gasteiger partial charge in [-0.3, -0.25) is 0 Å². The predicted octanol–water partition coefficient (Wildman–Crippen LogP) is 3.99. The van der Waals surface area contributed by atoms with Crippen LogP contribution in [0, 0.1) is 11.3 Å². The van der Waals surface area contributed by atoms with Gasteiger partial charge in [0.2, 0.25) is 0 Å². The molecule has 1 heterocycles. The Bertz CT molecular complexity index is 970. The summed E-state index contributed by atoms with van der Waals surface area (Å²) >= 11 is 6.23. The molecule has 3 aromatic rings. The van der Waals surface area contributed by atoms with Crippen molar-refractivity contribution in [1.29, 1.82) is 5.26 Å². The topological polar surface area (TPSA) is 63.2 Å². The van der Waals surface area contributed by atoms with Crippen LogP contribution in [0.15, 0.2) is 51.7 Å². The highest BCUT2D eigenvalue weighted by Gasteiger charge is 2.18. The monoisotopic (exact) mass is 311 g/mol. The van der Waals surface area contributed by atoms with Gasteiger partial charge in [0.25, 0.3) is 0 Å². The fourth-order valence-electron chi connectivity index (χ4n) is 2.35. The number of methoxy groups -OCH3 is 1. The number of nitriles is 1. The highest BCUT2D eigenvalue weighted by atomic mass is 35.5. The third-order valence-corrected chi connectivity index (χ3v) is 3.70. The molecule has 0 bridgehead atoms. The second-order valence-corrected chi connectivity index (χ2v) is 5.00. The van der Waals surface area contributed by atoms with E-state index in [1.54, 1.807) is 42.5 Å². The average Bonchev–Trinajstić information content (AvgIpc) is 2.53. The molecule has 0 amide bonds. The van der Waals surface area contributed by atoms with Gasteiger partial charge in [-0.15, -0.1) is 0 Å². The SMILES string of the molecule is COc1ccc2c(-c3ccccc3Cl)c(C#N)c(=O)oc2c1. The fourth-order valence-corrected chi connectivity index (χ4v) is 2.58. The smallest absolute Gasteiger partial charge is 0.354 e. The second-order valence-electron chi connectivity index (χ2n) is 4.59. The van der Waals surface area contributed by atoms with Crippen molar-refractivity contribution in [1.82, 2.24) is 0 Å². The van der Waals surface area contributed by atoms with E-state index in [9.17, 15) is 10.1 Å². The highest BCUT2D eigenvalue weighted by molar-refractivity contribution is 6.33. The van der Waals surface area contributed by atoms with Gasteiger partial charge in [-0.1, -0.05) is 29.8 Å². The van der Waals surface area contributed by atoms with E-state index in [0.29, 0.717) is 32.9 Å². The molecule has 0 atom stereocenters. The molecule has 0 N–H and O–H groups in total. The van der Waals surface area contributed by atoms with Crippen molar-refractivity contribution in [3.8, 4) is 22.9 Å². The minimum Gasteiger partial charge on any atom is -0.497 e. The maximum absolute atomic E-state index is 12.1. The van der Waals surface area contributed by atoms with Crippen LogP contribution < -0.4 is 10.4 Å². The first kappa shape index (κ1) is 14.2. The zero-order valence-corrected chi connectivity index (χ0v) is 12.3. The average molecular weight is 312 g/mol. The third-order valence-electron chi connectivity index (χ3n) is 3.37. The highest BCUT2D eigenvalue weighted by Crippen LogP contribution is 2.35. The van der Waals surface area contributed by atoms with E-state index < -0.39 is 5.63 Å². The standard InChI is InChI=1S/C17H10ClNO3/c1-21-10-6-7-12-15(8-10)22-17(20)13(9-19)16(12)11-4-2-3-5-14(11)18/h2-8H,1H3. The van der Waals surface area contributed by atoms with Gasteiger partial charge in [-0.2, -0.15) is 5.26 Å². The van der Waals surface area contributed by atoms with Crippen LogP contribution in [0.5, 0.6) is 5.75 Å². The molecule has 0 radical (unpaired) electrons. The molecule has 0 aliphatic rings. The van der Waals surface area contributed by atoms with E-state index in [4.69, 9.17) is 20.8 Å². The summed E-state index contributed by atoms with van der Waals surface area (Å²) < 4.78 is 10.4. The summed E-state index contributed by atoms with van der Waals surface area (Å²) in [6.45, 7) is 0. The summed E-state index contributed by atoms with van der Waals surface area (Å²) in [6, 6.07) is 14.1. The van der Waals surface area contributed by atoms with Gasteiger partial charge in [0.1, 0.15) is 23.0 Å². The number of fused-ring (bicyclic) bond motifs is 1. The fraction of sp³-hybridized carbons (Fsp3) is 0.0588. The molecule has 5 heteroatoms. The summed E-state index contributed by atoms with van der Waals surface area (Å²) in [7, 11) is 1.53. The maximum Gasteiger partial charge on any atom is 0.354 e. The Labute approximate surface area is 131 Å². The molecule has 0 aliphatic heterocycles. The van der Waals surface area contributed by atoms with Crippen LogP contribution in [0.4, 0.5) is 0 Å². The number of hydrogen-bond donors (Lipinski definition) is 0. The lowest BCUT2D eigenvalue weighted by atomic mass is 9.97. The number of ether oxygens (including phenoxy) is 1. The molecule has 108 valence electrons. The Morgan fingerprint density at radius 1 is 1.23 bits per heavy atom. The predicted molar refractivity (Wildman–Crippen MR) is 84.2 cm³/mol. The molecule has 0 unspecified atom stereocenters. The van der Waals surface area contributed by atoms with Gasteiger partial charge < -0.3 is 9.15 Å². The molecule has 22 heavy (non-hydrogen) atoms. The van der Waals surface area contributed by atoms with Crippen molar-refractivity contribution in [2.45, 2.75) is 0 Å². The lowest BCUT2D eigenvalue weighted by Gasteiger charge is -2.10. The third kappa shape index (κ3) is 2.22. The number of rotatable bonds is 2. The molecular weight excluding hydrogens is 302 g/mol. The molecule has 0 aliphatic carbocycles. The molecular formula is C17H10ClNO3. The zero-order chi connectivity index (χ0) is 15.7. The van der Waals surface area contributed by atoms with Crippen LogP contribution in [0.1, 0.15) is 5.56 Å². The lowest BCUT2D eigenvalue weighted by Crippen LogP contribution is -2.07. The maximum atomic E-state index is 12.1. The number of halogens is 1. The van der Waals surface area contributed by atoms with E-state index in [1.165, 1.54) is 7.11 Å². The Balaban J connectivity index is 2.49. The van der Waals surface area contributed by atoms with E-state index in [0.717, 1.165) is 0 Å². The van der Waals surface area contributed by atoms with Crippen molar-refractivity contribution >= 4 is 22.6 Å². The van der Waals surface area contributed by atoms with Gasteiger partial charge in [-0.25, -0.2) is 4.79 Å². The Morgan fingerprint density at radius 2 is 2.00 bits per heavy atom. The molecule has 3 rings (SSSR count). The normalized spacial score (nSPS) is 10.4. The van der Waals surface area contributed by atoms with Crippen molar-refractivity contribution in [2.75, 3.05) is 7.11 Å². The quantitative estimate of drug-likeness (QED) is 0.671. The molecule has 4 nitrogen and oxygen atoms in total. The molecule has 0 saturated heterocycles. The largest absolute Gasteiger partial charge is 0.497 e. The first-order chi connectivity index (χ1) is 10.7. The van der Waals surface area contributed by atoms with Crippen molar-refractivity contribution < 1.29 is 9.15 Å². The van der Waals surface area contributed by atoms with Crippen LogP contribution in [0.3, 0.4) is 0 Å². The number of benzene rings is 2. The van der Waals surface area contributed by atoms with Crippen molar-refractivity contribution in [2.24, 2.45) is 0 Å². The number of hydrogen-bond acceptors (Lipinski definition) is 4. The minimum atomic E-state index is -0.696. The molecule has 2 aromatic carbocycles. The Morgan fingerprint density at radius 3 is 2.68 bits per heavy atom. The van der Waals surface area contributed by atoms with E-state index >= 15 is 0 Å². The molecule has 0 saturated carbocycles. The van der Waals surface area contributed by atoms with E-state index in [2.05, 4.69) is 0 Å². The molecule has 0 fully saturated rings. The van der Waals surface area contributed by atoms with Crippen LogP contribution in [0.2, 0.25) is 5.02 Å². The first-order valence-corrected chi connectivity index (χ1v) is 6.83. The first-order valence-electron chi connectivity index (χ1n) is 6.45. The van der Waals surface area contributed by atoms with Crippen molar-refractivity contribution in [3.05, 3.63) is 63.5 Å². The van der Waals surface area contributed by atoms with E-state index in [1.807, 2.05) is 6.07 Å². The lowest BCUT2D eigenvalue weighted by molar-refractivity contribution is 0.414. The van der Waals surface area contributed by atoms with Gasteiger partial charge in [0.05, 0.1) is 7.11 Å². The van der Waals surface area contributed by atoms with Crippen LogP contribution >= 0.6 is 11.6 Å². The second kappa shape index (κ2) is 5.55.